The molecule has 1 heterocycles. The molecule has 0 radical (unpaired) electrons. The van der Waals surface area contributed by atoms with Gasteiger partial charge in [-0.05, 0) is 128 Å². The summed E-state index contributed by atoms with van der Waals surface area (Å²) in [5, 5.41) is 12.5. The van der Waals surface area contributed by atoms with Crippen molar-refractivity contribution in [1.82, 2.24) is 15.5 Å². The summed E-state index contributed by atoms with van der Waals surface area (Å²) in [6.45, 7) is 21.2. The molecule has 0 bridgehead atoms. The van der Waals surface area contributed by atoms with Crippen LogP contribution in [0.3, 0.4) is 0 Å². The van der Waals surface area contributed by atoms with E-state index in [1.807, 2.05) is 20.8 Å². The zero-order valence-electron chi connectivity index (χ0n) is 38.5. The van der Waals surface area contributed by atoms with Crippen LogP contribution in [0.5, 0.6) is 11.5 Å². The Hall–Kier alpha value is -5.65. The molecule has 2 aromatic rings. The summed E-state index contributed by atoms with van der Waals surface area (Å²) >= 11 is 0. The number of nitrogens with zero attached hydrogens (tertiary/aromatic N) is 3. The summed E-state index contributed by atoms with van der Waals surface area (Å²) in [4.78, 5) is 62.7. The Morgan fingerprint density at radius 2 is 1.25 bits per heavy atom. The van der Waals surface area contributed by atoms with E-state index < -0.39 is 53.2 Å². The molecule has 0 unspecified atom stereocenters. The summed E-state index contributed by atoms with van der Waals surface area (Å²) in [5.74, 6) is -1.83. The van der Waals surface area contributed by atoms with E-state index in [1.165, 1.54) is 12.1 Å². The molecule has 0 spiro atoms. The van der Waals surface area contributed by atoms with Crippen LogP contribution in [-0.4, -0.2) is 96.8 Å². The minimum Gasteiger partial charge on any atom is -0.493 e. The number of hydrogen-bond donors (Lipinski definition) is 4. The molecule has 18 heteroatoms. The maximum Gasteiger partial charge on any atom is 0.408 e. The van der Waals surface area contributed by atoms with Gasteiger partial charge in [0, 0.05) is 18.2 Å². The molecule has 0 aromatic heterocycles. The Balaban J connectivity index is 1.39. The van der Waals surface area contributed by atoms with E-state index in [-0.39, 0.29) is 29.1 Å². The van der Waals surface area contributed by atoms with Gasteiger partial charge in [0.2, 0.25) is 0 Å². The molecule has 1 saturated heterocycles. The van der Waals surface area contributed by atoms with E-state index in [0.717, 1.165) is 38.9 Å². The number of halogens is 1. The van der Waals surface area contributed by atoms with Gasteiger partial charge in [0.25, 0.3) is 0 Å². The number of likely N-dealkylation sites (tertiary alicyclic amines) is 1. The fraction of sp³-hybridized carbons (Fsp3) is 0.600. The monoisotopic (exact) mass is 886 g/mol. The lowest BCUT2D eigenvalue weighted by atomic mass is 9.98. The van der Waals surface area contributed by atoms with Gasteiger partial charge in [0.15, 0.2) is 11.7 Å². The quantitative estimate of drug-likeness (QED) is 0.0362. The zero-order chi connectivity index (χ0) is 46.9. The average Bonchev–Trinajstić information content (AvgIpc) is 3.22. The zero-order valence-corrected chi connectivity index (χ0v) is 38.5. The van der Waals surface area contributed by atoms with E-state index in [0.29, 0.717) is 49.0 Å². The second kappa shape index (κ2) is 24.3. The third kappa shape index (κ3) is 18.3. The first-order valence-corrected chi connectivity index (χ1v) is 21.5. The van der Waals surface area contributed by atoms with Crippen molar-refractivity contribution in [3.8, 4) is 11.5 Å². The van der Waals surface area contributed by atoms with E-state index in [9.17, 15) is 19.2 Å². The summed E-state index contributed by atoms with van der Waals surface area (Å²) in [7, 11) is 0. The summed E-state index contributed by atoms with van der Waals surface area (Å²) in [5.41, 5.74) is 11.0. The molecule has 350 valence electrons. The van der Waals surface area contributed by atoms with E-state index >= 15 is 4.39 Å². The molecule has 1 aliphatic rings. The van der Waals surface area contributed by atoms with E-state index in [2.05, 4.69) is 25.8 Å². The van der Waals surface area contributed by atoms with Gasteiger partial charge in [0.1, 0.15) is 40.6 Å². The molecule has 2 amide bonds. The van der Waals surface area contributed by atoms with Crippen LogP contribution in [0.1, 0.15) is 112 Å². The third-order valence-electron chi connectivity index (χ3n) is 10.2. The Kier molecular flexibility index (Phi) is 19.9. The number of carbonyl (C=O) groups excluding carboxylic acids is 4. The normalized spacial score (nSPS) is 16.2. The smallest absolute Gasteiger partial charge is 0.408 e. The SMILES string of the molecule is CC[C@H](C)[C@H](NC(=O)OC(C)(C)C)C(=O)ON=C(N)c1ccc(OCC2CCN(CCCOc3ccc(C(N)=NOC(=O)[C@@H](NC(=O)OC(C)(C)C)[C@@H](C)CC)c(F)c3)CC2)cc1. The molecule has 0 aliphatic carbocycles. The highest BCUT2D eigenvalue weighted by molar-refractivity contribution is 5.98. The van der Waals surface area contributed by atoms with Crippen LogP contribution >= 0.6 is 0 Å². The van der Waals surface area contributed by atoms with Crippen LogP contribution in [0.4, 0.5) is 14.0 Å². The summed E-state index contributed by atoms with van der Waals surface area (Å²) < 4.78 is 37.4. The standard InChI is InChI=1S/C45H68FN7O10/c1-11-28(3)36(49-42(56)60-44(5,6)7)40(54)62-51-38(47)31-14-16-32(17-15-31)59-27-30-20-23-53(24-21-30)22-13-25-58-33-18-19-34(35(46)26-33)39(48)52-63-41(55)37(29(4)12-2)50-43(57)61-45(8,9)10/h14-19,26,28-30,36-37H,11-13,20-25,27H2,1-10H3,(H2,47,51)(H2,48,52)(H,49,56)(H,50,57)/t28-,29-,36-,37-/m0/s1. The number of amides is 2. The average molecular weight is 886 g/mol. The number of alkyl carbamates (subject to hydrolysis) is 2. The number of nitrogens with one attached hydrogen (secondary N) is 2. The topological polar surface area (TPSA) is 228 Å². The number of nitrogens with two attached hydrogens (primary N) is 2. The molecule has 0 saturated carbocycles. The molecule has 3 rings (SSSR count). The maximum atomic E-state index is 15.0. The summed E-state index contributed by atoms with van der Waals surface area (Å²) in [6, 6.07) is 9.14. The van der Waals surface area contributed by atoms with Crippen LogP contribution in [0, 0.1) is 23.6 Å². The second-order valence-electron chi connectivity index (χ2n) is 17.8. The maximum absolute atomic E-state index is 15.0. The Bertz CT molecular complexity index is 1870. The minimum absolute atomic E-state index is 0.00521. The fourth-order valence-corrected chi connectivity index (χ4v) is 6.20. The Morgan fingerprint density at radius 1 is 0.762 bits per heavy atom. The highest BCUT2D eigenvalue weighted by Crippen LogP contribution is 2.22. The van der Waals surface area contributed by atoms with Gasteiger partial charge in [0.05, 0.1) is 18.8 Å². The highest BCUT2D eigenvalue weighted by atomic mass is 19.1. The number of piperidine rings is 1. The second-order valence-corrected chi connectivity index (χ2v) is 17.8. The van der Waals surface area contributed by atoms with Crippen molar-refractivity contribution in [3.63, 3.8) is 0 Å². The van der Waals surface area contributed by atoms with Crippen LogP contribution in [-0.2, 0) is 28.7 Å². The lowest BCUT2D eigenvalue weighted by Crippen LogP contribution is -2.47. The van der Waals surface area contributed by atoms with Gasteiger partial charge in [-0.3, -0.25) is 0 Å². The van der Waals surface area contributed by atoms with Crippen molar-refractivity contribution in [2.75, 3.05) is 32.8 Å². The van der Waals surface area contributed by atoms with E-state index in [1.54, 1.807) is 78.8 Å². The molecule has 2 aromatic carbocycles. The molecule has 1 fully saturated rings. The van der Waals surface area contributed by atoms with Gasteiger partial charge < -0.3 is 55.6 Å². The van der Waals surface area contributed by atoms with Crippen LogP contribution < -0.4 is 31.6 Å². The number of carbonyl (C=O) groups is 4. The van der Waals surface area contributed by atoms with Gasteiger partial charge in [-0.15, -0.1) is 0 Å². The Morgan fingerprint density at radius 3 is 1.73 bits per heavy atom. The number of ether oxygens (including phenoxy) is 4. The predicted octanol–water partition coefficient (Wildman–Crippen LogP) is 6.59. The predicted molar refractivity (Wildman–Crippen MR) is 236 cm³/mol. The first-order valence-electron chi connectivity index (χ1n) is 21.5. The number of amidine groups is 2. The van der Waals surface area contributed by atoms with Crippen molar-refractivity contribution >= 4 is 35.8 Å². The molecule has 4 atom stereocenters. The van der Waals surface area contributed by atoms with Crippen LogP contribution in [0.25, 0.3) is 0 Å². The van der Waals surface area contributed by atoms with Gasteiger partial charge in [-0.25, -0.2) is 23.6 Å². The first kappa shape index (κ1) is 51.7. The highest BCUT2D eigenvalue weighted by Gasteiger charge is 2.32. The van der Waals surface area contributed by atoms with E-state index in [4.69, 9.17) is 40.1 Å². The minimum atomic E-state index is -1.05. The first-order chi connectivity index (χ1) is 29.6. The Labute approximate surface area is 370 Å². The number of rotatable bonds is 20. The third-order valence-corrected chi connectivity index (χ3v) is 10.2. The van der Waals surface area contributed by atoms with Crippen molar-refractivity contribution in [2.45, 2.75) is 125 Å². The lowest BCUT2D eigenvalue weighted by molar-refractivity contribution is -0.148. The molecular formula is C45H68FN7O10. The van der Waals surface area contributed by atoms with Crippen molar-refractivity contribution < 1.29 is 52.2 Å². The number of benzene rings is 2. The lowest BCUT2D eigenvalue weighted by Gasteiger charge is -2.31. The molecule has 6 N–H and O–H groups in total. The summed E-state index contributed by atoms with van der Waals surface area (Å²) in [6.07, 6.45) is 2.32. The number of oxime groups is 2. The molecule has 63 heavy (non-hydrogen) atoms. The van der Waals surface area contributed by atoms with Crippen molar-refractivity contribution in [1.29, 1.82) is 0 Å². The van der Waals surface area contributed by atoms with Crippen LogP contribution in [0.15, 0.2) is 52.8 Å². The number of hydrogen-bond acceptors (Lipinski definition) is 13. The fourth-order valence-electron chi connectivity index (χ4n) is 6.20. The van der Waals surface area contributed by atoms with Crippen molar-refractivity contribution in [2.24, 2.45) is 39.5 Å². The van der Waals surface area contributed by atoms with Crippen LogP contribution in [0.2, 0.25) is 0 Å². The molecular weight excluding hydrogens is 818 g/mol. The van der Waals surface area contributed by atoms with Gasteiger partial charge >= 0.3 is 24.1 Å². The molecule has 17 nitrogen and oxygen atoms in total. The van der Waals surface area contributed by atoms with Gasteiger partial charge in [-0.1, -0.05) is 50.8 Å². The molecule has 1 aliphatic heterocycles. The van der Waals surface area contributed by atoms with Gasteiger partial charge in [-0.2, -0.15) is 0 Å². The van der Waals surface area contributed by atoms with Crippen molar-refractivity contribution in [3.05, 3.63) is 59.4 Å². The largest absolute Gasteiger partial charge is 0.493 e.